The molecule has 28 heavy (non-hydrogen) atoms. The van der Waals surface area contributed by atoms with Crippen LogP contribution < -0.4 is 16.2 Å². The number of amides is 2. The molecule has 1 aromatic heterocycles. The van der Waals surface area contributed by atoms with Crippen molar-refractivity contribution in [3.8, 4) is 28.8 Å². The van der Waals surface area contributed by atoms with Crippen molar-refractivity contribution < 1.29 is 23.8 Å². The summed E-state index contributed by atoms with van der Waals surface area (Å²) in [6.07, 6.45) is -0.0186. The molecule has 5 N–H and O–H groups in total. The minimum atomic E-state index is -1.30. The van der Waals surface area contributed by atoms with Crippen molar-refractivity contribution in [3.63, 3.8) is 0 Å². The Hall–Kier alpha value is -2.96. The number of aliphatic hydroxyl groups is 1. The standard InChI is InChI=1S/C19H18FN3O4S/c1-19(2,26)4-3-9-5-11-13(7-12(9)20)27-8-10(6-14(21)24)16-15(11)23-18(28-16)17(22)25/h5,7,10,26H,6,8H2,1-2H3,(H2,21,24)(H2,22,25). The van der Waals surface area contributed by atoms with E-state index >= 15 is 0 Å². The first kappa shape index (κ1) is 19.8. The number of hydrogen-bond acceptors (Lipinski definition) is 6. The number of nitrogens with two attached hydrogens (primary N) is 2. The van der Waals surface area contributed by atoms with Crippen molar-refractivity contribution >= 4 is 23.2 Å². The van der Waals surface area contributed by atoms with Gasteiger partial charge in [0, 0.05) is 28.8 Å². The number of fused-ring (bicyclic) bond motifs is 3. The highest BCUT2D eigenvalue weighted by Gasteiger charge is 2.30. The molecule has 2 aromatic rings. The summed E-state index contributed by atoms with van der Waals surface area (Å²) in [4.78, 5) is 28.0. The number of aromatic nitrogens is 1. The fraction of sp³-hybridized carbons (Fsp3) is 0.316. The third kappa shape index (κ3) is 4.13. The van der Waals surface area contributed by atoms with Crippen LogP contribution in [0.2, 0.25) is 0 Å². The molecule has 0 saturated heterocycles. The fourth-order valence-electron chi connectivity index (χ4n) is 2.74. The first-order valence-corrected chi connectivity index (χ1v) is 9.18. The number of primary amides is 2. The van der Waals surface area contributed by atoms with Crippen molar-refractivity contribution in [1.82, 2.24) is 4.98 Å². The van der Waals surface area contributed by atoms with Crippen molar-refractivity contribution in [2.45, 2.75) is 31.8 Å². The van der Waals surface area contributed by atoms with Crippen LogP contribution in [0.3, 0.4) is 0 Å². The predicted molar refractivity (Wildman–Crippen MR) is 101 cm³/mol. The van der Waals surface area contributed by atoms with Crippen LogP contribution in [0.15, 0.2) is 12.1 Å². The lowest BCUT2D eigenvalue weighted by molar-refractivity contribution is -0.118. The molecule has 1 aliphatic heterocycles. The van der Waals surface area contributed by atoms with Gasteiger partial charge in [-0.3, -0.25) is 9.59 Å². The topological polar surface area (TPSA) is 129 Å². The molecule has 146 valence electrons. The van der Waals surface area contributed by atoms with E-state index < -0.39 is 29.2 Å². The van der Waals surface area contributed by atoms with Crippen molar-refractivity contribution in [2.24, 2.45) is 11.5 Å². The molecule has 2 amide bonds. The highest BCUT2D eigenvalue weighted by atomic mass is 32.1. The maximum atomic E-state index is 14.5. The molecule has 1 aliphatic rings. The maximum Gasteiger partial charge on any atom is 0.277 e. The molecule has 2 heterocycles. The average molecular weight is 403 g/mol. The lowest BCUT2D eigenvalue weighted by atomic mass is 9.99. The van der Waals surface area contributed by atoms with Gasteiger partial charge in [0.25, 0.3) is 5.91 Å². The van der Waals surface area contributed by atoms with Gasteiger partial charge in [0.2, 0.25) is 5.91 Å². The summed E-state index contributed by atoms with van der Waals surface area (Å²) in [5.41, 5.74) is 10.2. The molecule has 0 fully saturated rings. The van der Waals surface area contributed by atoms with Crippen LogP contribution in [-0.4, -0.2) is 34.1 Å². The monoisotopic (exact) mass is 403 g/mol. The highest BCUT2D eigenvalue weighted by molar-refractivity contribution is 7.14. The van der Waals surface area contributed by atoms with Gasteiger partial charge in [-0.2, -0.15) is 0 Å². The normalized spacial score (nSPS) is 15.4. The zero-order valence-corrected chi connectivity index (χ0v) is 16.0. The Bertz CT molecular complexity index is 1030. The Morgan fingerprint density at radius 3 is 2.75 bits per heavy atom. The van der Waals surface area contributed by atoms with E-state index in [-0.39, 0.29) is 29.3 Å². The van der Waals surface area contributed by atoms with Gasteiger partial charge in [-0.05, 0) is 19.9 Å². The van der Waals surface area contributed by atoms with Crippen LogP contribution in [0, 0.1) is 17.7 Å². The summed E-state index contributed by atoms with van der Waals surface area (Å²) in [6, 6.07) is 2.61. The number of halogens is 1. The second-order valence-electron chi connectivity index (χ2n) is 6.91. The minimum absolute atomic E-state index is 0.0186. The van der Waals surface area contributed by atoms with Crippen LogP contribution >= 0.6 is 11.3 Å². The molecule has 1 atom stereocenters. The zero-order valence-electron chi connectivity index (χ0n) is 15.2. The number of ether oxygens (including phenoxy) is 1. The molecule has 1 aromatic carbocycles. The van der Waals surface area contributed by atoms with Crippen molar-refractivity contribution in [2.75, 3.05) is 6.61 Å². The number of thiazole rings is 1. The van der Waals surface area contributed by atoms with Gasteiger partial charge in [-0.25, -0.2) is 9.37 Å². The molecule has 3 rings (SSSR count). The van der Waals surface area contributed by atoms with Crippen molar-refractivity contribution in [3.05, 3.63) is 33.4 Å². The quantitative estimate of drug-likeness (QED) is 0.670. The highest BCUT2D eigenvalue weighted by Crippen LogP contribution is 2.43. The number of carbonyl (C=O) groups excluding carboxylic acids is 2. The van der Waals surface area contributed by atoms with Crippen LogP contribution in [0.4, 0.5) is 4.39 Å². The van der Waals surface area contributed by atoms with E-state index in [2.05, 4.69) is 16.8 Å². The smallest absolute Gasteiger partial charge is 0.277 e. The molecule has 0 spiro atoms. The van der Waals surface area contributed by atoms with Crippen LogP contribution in [0.5, 0.6) is 5.75 Å². The molecule has 9 heteroatoms. The second-order valence-corrected chi connectivity index (χ2v) is 7.94. The van der Waals surface area contributed by atoms with Gasteiger partial charge in [0.05, 0.1) is 17.9 Å². The zero-order chi connectivity index (χ0) is 20.6. The molecule has 0 bridgehead atoms. The van der Waals surface area contributed by atoms with Gasteiger partial charge in [-0.1, -0.05) is 11.8 Å². The number of nitrogens with zero attached hydrogens (tertiary/aromatic N) is 1. The van der Waals surface area contributed by atoms with Crippen molar-refractivity contribution in [1.29, 1.82) is 0 Å². The minimum Gasteiger partial charge on any atom is -0.492 e. The van der Waals surface area contributed by atoms with E-state index in [4.69, 9.17) is 16.2 Å². The number of carbonyl (C=O) groups is 2. The molecular formula is C19H18FN3O4S. The van der Waals surface area contributed by atoms with E-state index in [1.54, 1.807) is 0 Å². The predicted octanol–water partition coefficient (Wildman–Crippen LogP) is 1.52. The Morgan fingerprint density at radius 1 is 1.43 bits per heavy atom. The second kappa shape index (κ2) is 7.22. The van der Waals surface area contributed by atoms with E-state index in [0.717, 1.165) is 11.3 Å². The molecule has 0 radical (unpaired) electrons. The largest absolute Gasteiger partial charge is 0.492 e. The lowest BCUT2D eigenvalue weighted by Gasteiger charge is -2.12. The van der Waals surface area contributed by atoms with E-state index in [0.29, 0.717) is 16.1 Å². The average Bonchev–Trinajstić information content (AvgIpc) is 2.97. The first-order valence-electron chi connectivity index (χ1n) is 8.36. The Labute approximate surface area is 164 Å². The molecule has 0 aliphatic carbocycles. The first-order chi connectivity index (χ1) is 13.0. The number of benzene rings is 1. The fourth-order valence-corrected chi connectivity index (χ4v) is 3.76. The number of hydrogen-bond donors (Lipinski definition) is 3. The van der Waals surface area contributed by atoms with E-state index in [1.807, 2.05) is 0 Å². The summed E-state index contributed by atoms with van der Waals surface area (Å²) < 4.78 is 20.2. The molecule has 1 unspecified atom stereocenters. The summed E-state index contributed by atoms with van der Waals surface area (Å²) in [6.45, 7) is 3.03. The van der Waals surface area contributed by atoms with Crippen LogP contribution in [0.1, 0.15) is 46.4 Å². The Kier molecular flexibility index (Phi) is 5.10. The lowest BCUT2D eigenvalue weighted by Crippen LogP contribution is -2.18. The molecule has 0 saturated carbocycles. The maximum absolute atomic E-state index is 14.5. The Morgan fingerprint density at radius 2 is 2.14 bits per heavy atom. The number of rotatable bonds is 3. The SMILES string of the molecule is CC(C)(O)C#Cc1cc2c(cc1F)OCC(CC(N)=O)c1sc(C(N)=O)nc1-2. The van der Waals surface area contributed by atoms with Gasteiger partial charge in [0.1, 0.15) is 17.2 Å². The summed E-state index contributed by atoms with van der Waals surface area (Å²) in [5, 5.41) is 9.84. The Balaban J connectivity index is 2.19. The van der Waals surface area contributed by atoms with Gasteiger partial charge >= 0.3 is 0 Å². The molecule has 7 nitrogen and oxygen atoms in total. The van der Waals surface area contributed by atoms with Gasteiger partial charge in [-0.15, -0.1) is 11.3 Å². The summed E-state index contributed by atoms with van der Waals surface area (Å²) in [7, 11) is 0. The van der Waals surface area contributed by atoms with Crippen LogP contribution in [0.25, 0.3) is 11.3 Å². The van der Waals surface area contributed by atoms with Crippen LogP contribution in [-0.2, 0) is 4.79 Å². The van der Waals surface area contributed by atoms with Gasteiger partial charge < -0.3 is 21.3 Å². The van der Waals surface area contributed by atoms with Gasteiger partial charge in [0.15, 0.2) is 5.01 Å². The summed E-state index contributed by atoms with van der Waals surface area (Å²) in [5.74, 6) is 3.05. The molecular weight excluding hydrogens is 385 g/mol. The summed E-state index contributed by atoms with van der Waals surface area (Å²) >= 11 is 1.05. The third-order valence-corrected chi connectivity index (χ3v) is 5.18. The van der Waals surface area contributed by atoms with E-state index in [1.165, 1.54) is 26.0 Å². The van der Waals surface area contributed by atoms with E-state index in [9.17, 15) is 19.1 Å². The third-order valence-electron chi connectivity index (χ3n) is 3.95.